The molecule has 0 fully saturated rings. The molecule has 0 aromatic heterocycles. The van der Waals surface area contributed by atoms with Gasteiger partial charge in [-0.2, -0.15) is 11.8 Å². The highest BCUT2D eigenvalue weighted by Gasteiger charge is 2.21. The predicted molar refractivity (Wildman–Crippen MR) is 164 cm³/mol. The third kappa shape index (κ3) is 18.4. The number of alkyl carbamates (subject to hydrolysis) is 1. The standard InChI is InChI=1S/C31H45N3O6S/c1-23(2)11-9-12-24(3)13-10-14-25(4)17-18-41-22-27(30(37)39-5)34-29(36)20-32-28(35)19-33-31(38)40-21-26-15-7-6-8-16-26/h6-8,11,13,15-17,27H,9-10,12,14,18-22H2,1-5H3,(H,32,35)(H,33,38)(H,34,36)/b24-13+,25-17+/t27-/m0/s1. The second-order valence-corrected chi connectivity index (χ2v) is 10.9. The zero-order chi connectivity index (χ0) is 30.5. The number of esters is 1. The molecule has 0 spiro atoms. The lowest BCUT2D eigenvalue weighted by molar-refractivity contribution is -0.144. The molecule has 0 saturated carbocycles. The van der Waals surface area contributed by atoms with Crippen molar-refractivity contribution in [1.29, 1.82) is 0 Å². The highest BCUT2D eigenvalue weighted by Crippen LogP contribution is 2.13. The number of amides is 3. The Morgan fingerprint density at radius 3 is 2.15 bits per heavy atom. The van der Waals surface area contributed by atoms with Crippen LogP contribution in [0.5, 0.6) is 0 Å². The molecule has 0 aliphatic carbocycles. The van der Waals surface area contributed by atoms with Gasteiger partial charge in [-0.1, -0.05) is 65.3 Å². The number of nitrogens with one attached hydrogen (secondary N) is 3. The molecular weight excluding hydrogens is 542 g/mol. The van der Waals surface area contributed by atoms with Crippen LogP contribution in [0.25, 0.3) is 0 Å². The van der Waals surface area contributed by atoms with Crippen molar-refractivity contribution in [2.75, 3.05) is 31.7 Å². The number of hydrogen-bond donors (Lipinski definition) is 3. The van der Waals surface area contributed by atoms with E-state index >= 15 is 0 Å². The van der Waals surface area contributed by atoms with Crippen LogP contribution in [0.2, 0.25) is 0 Å². The van der Waals surface area contributed by atoms with Crippen molar-refractivity contribution < 1.29 is 28.7 Å². The van der Waals surface area contributed by atoms with Gasteiger partial charge in [-0.15, -0.1) is 0 Å². The van der Waals surface area contributed by atoms with Crippen LogP contribution in [0.1, 0.15) is 58.9 Å². The fourth-order valence-electron chi connectivity index (χ4n) is 3.45. The molecule has 3 N–H and O–H groups in total. The van der Waals surface area contributed by atoms with Crippen molar-refractivity contribution in [1.82, 2.24) is 16.0 Å². The number of allylic oxidation sites excluding steroid dienone is 5. The highest BCUT2D eigenvalue weighted by molar-refractivity contribution is 7.99. The molecule has 1 aromatic carbocycles. The van der Waals surface area contributed by atoms with Gasteiger partial charge in [-0.25, -0.2) is 9.59 Å². The van der Waals surface area contributed by atoms with Crippen LogP contribution in [0.3, 0.4) is 0 Å². The van der Waals surface area contributed by atoms with Crippen molar-refractivity contribution in [2.45, 2.75) is 66.0 Å². The topological polar surface area (TPSA) is 123 Å². The maximum Gasteiger partial charge on any atom is 0.407 e. The lowest BCUT2D eigenvalue weighted by Gasteiger charge is -2.16. The summed E-state index contributed by atoms with van der Waals surface area (Å²) in [7, 11) is 1.26. The minimum absolute atomic E-state index is 0.0766. The lowest BCUT2D eigenvalue weighted by atomic mass is 10.1. The number of benzene rings is 1. The molecule has 226 valence electrons. The third-order valence-electron chi connectivity index (χ3n) is 5.83. The molecule has 0 aliphatic rings. The minimum Gasteiger partial charge on any atom is -0.467 e. The SMILES string of the molecule is COC(=O)[C@H](CSC/C=C(\C)CC/C=C(\C)CCC=C(C)C)NC(=O)CNC(=O)CNC(=O)OCc1ccccc1. The van der Waals surface area contributed by atoms with Crippen molar-refractivity contribution >= 4 is 35.6 Å². The Morgan fingerprint density at radius 1 is 0.854 bits per heavy atom. The van der Waals surface area contributed by atoms with Crippen LogP contribution >= 0.6 is 11.8 Å². The van der Waals surface area contributed by atoms with Crippen LogP contribution in [0.15, 0.2) is 65.3 Å². The van der Waals surface area contributed by atoms with Gasteiger partial charge in [0.1, 0.15) is 19.2 Å². The molecule has 0 bridgehead atoms. The monoisotopic (exact) mass is 587 g/mol. The highest BCUT2D eigenvalue weighted by atomic mass is 32.2. The van der Waals surface area contributed by atoms with E-state index in [9.17, 15) is 19.2 Å². The van der Waals surface area contributed by atoms with Crippen molar-refractivity contribution in [3.8, 4) is 0 Å². The van der Waals surface area contributed by atoms with E-state index in [0.29, 0.717) is 11.5 Å². The molecule has 0 aliphatic heterocycles. The van der Waals surface area contributed by atoms with Crippen LogP contribution in [-0.4, -0.2) is 61.6 Å². The van der Waals surface area contributed by atoms with Gasteiger partial charge < -0.3 is 25.4 Å². The van der Waals surface area contributed by atoms with E-state index in [1.165, 1.54) is 35.6 Å². The number of ether oxygens (including phenoxy) is 2. The van der Waals surface area contributed by atoms with E-state index in [-0.39, 0.29) is 19.7 Å². The Morgan fingerprint density at radius 2 is 1.49 bits per heavy atom. The Bertz CT molecular complexity index is 1060. The van der Waals surface area contributed by atoms with Gasteiger partial charge in [0.25, 0.3) is 0 Å². The predicted octanol–water partition coefficient (Wildman–Crippen LogP) is 4.84. The Balaban J connectivity index is 2.32. The number of methoxy groups -OCH3 is 1. The fraction of sp³-hybridized carbons (Fsp3) is 0.484. The zero-order valence-electron chi connectivity index (χ0n) is 24.9. The lowest BCUT2D eigenvalue weighted by Crippen LogP contribution is -2.48. The second-order valence-electron chi connectivity index (χ2n) is 9.83. The van der Waals surface area contributed by atoms with Crippen molar-refractivity contribution in [2.24, 2.45) is 0 Å². The first-order valence-electron chi connectivity index (χ1n) is 13.7. The van der Waals surface area contributed by atoms with Gasteiger partial charge in [0, 0.05) is 11.5 Å². The van der Waals surface area contributed by atoms with Gasteiger partial charge in [0.05, 0.1) is 13.7 Å². The summed E-state index contributed by atoms with van der Waals surface area (Å²) < 4.78 is 9.85. The van der Waals surface area contributed by atoms with E-state index in [4.69, 9.17) is 9.47 Å². The molecule has 9 nitrogen and oxygen atoms in total. The molecule has 0 radical (unpaired) electrons. The van der Waals surface area contributed by atoms with Gasteiger partial charge >= 0.3 is 12.1 Å². The molecule has 0 unspecified atom stereocenters. The summed E-state index contributed by atoms with van der Waals surface area (Å²) >= 11 is 1.51. The Hall–Kier alpha value is -3.53. The first-order chi connectivity index (χ1) is 19.6. The Kier molecular flexibility index (Phi) is 18.4. The summed E-state index contributed by atoms with van der Waals surface area (Å²) in [5, 5.41) is 7.32. The summed E-state index contributed by atoms with van der Waals surface area (Å²) in [6.07, 6.45) is 10.0. The first-order valence-corrected chi connectivity index (χ1v) is 14.9. The number of carbonyl (C=O) groups excluding carboxylic acids is 4. The smallest absolute Gasteiger partial charge is 0.407 e. The number of hydrogen-bond acceptors (Lipinski definition) is 7. The average molecular weight is 588 g/mol. The molecule has 0 heterocycles. The number of rotatable bonds is 18. The third-order valence-corrected chi connectivity index (χ3v) is 6.80. The quantitative estimate of drug-likeness (QED) is 0.128. The summed E-state index contributed by atoms with van der Waals surface area (Å²) in [5.74, 6) is -0.650. The molecular formula is C31H45N3O6S. The zero-order valence-corrected chi connectivity index (χ0v) is 25.7. The van der Waals surface area contributed by atoms with Gasteiger partial charge in [-0.05, 0) is 58.9 Å². The largest absolute Gasteiger partial charge is 0.467 e. The number of carbonyl (C=O) groups is 4. The summed E-state index contributed by atoms with van der Waals surface area (Å²) in [4.78, 5) is 48.2. The minimum atomic E-state index is -0.847. The summed E-state index contributed by atoms with van der Waals surface area (Å²) in [6.45, 7) is 7.86. The van der Waals surface area contributed by atoms with Crippen LogP contribution in [0.4, 0.5) is 4.79 Å². The second kappa shape index (κ2) is 21.2. The molecule has 0 saturated heterocycles. The van der Waals surface area contributed by atoms with E-state index in [0.717, 1.165) is 31.2 Å². The van der Waals surface area contributed by atoms with E-state index in [1.807, 2.05) is 30.3 Å². The van der Waals surface area contributed by atoms with E-state index in [2.05, 4.69) is 61.9 Å². The van der Waals surface area contributed by atoms with E-state index in [1.54, 1.807) is 0 Å². The Labute approximate surface area is 248 Å². The van der Waals surface area contributed by atoms with Gasteiger partial charge in [0.2, 0.25) is 11.8 Å². The molecule has 3 amide bonds. The maximum atomic E-state index is 12.3. The van der Waals surface area contributed by atoms with Crippen LogP contribution < -0.4 is 16.0 Å². The molecule has 1 aromatic rings. The fourth-order valence-corrected chi connectivity index (χ4v) is 4.44. The van der Waals surface area contributed by atoms with Crippen molar-refractivity contribution in [3.63, 3.8) is 0 Å². The van der Waals surface area contributed by atoms with Crippen LogP contribution in [-0.2, 0) is 30.5 Å². The first kappa shape index (κ1) is 35.5. The number of thioether (sulfide) groups is 1. The maximum absolute atomic E-state index is 12.3. The van der Waals surface area contributed by atoms with Gasteiger partial charge in [-0.3, -0.25) is 9.59 Å². The molecule has 10 heteroatoms. The summed E-state index contributed by atoms with van der Waals surface area (Å²) in [5.41, 5.74) is 4.83. The van der Waals surface area contributed by atoms with Crippen molar-refractivity contribution in [3.05, 3.63) is 70.8 Å². The summed E-state index contributed by atoms with van der Waals surface area (Å²) in [6, 6.07) is 8.28. The molecule has 41 heavy (non-hydrogen) atoms. The normalized spacial score (nSPS) is 12.1. The molecule has 1 atom stereocenters. The average Bonchev–Trinajstić information content (AvgIpc) is 2.95. The molecule has 1 rings (SSSR count). The van der Waals surface area contributed by atoms with Gasteiger partial charge in [0.15, 0.2) is 0 Å². The van der Waals surface area contributed by atoms with E-state index < -0.39 is 29.9 Å². The van der Waals surface area contributed by atoms with Crippen LogP contribution in [0, 0.1) is 0 Å².